The Morgan fingerprint density at radius 3 is 2.78 bits per heavy atom. The quantitative estimate of drug-likeness (QED) is 0.819. The zero-order valence-corrected chi connectivity index (χ0v) is 14.4. The van der Waals surface area contributed by atoms with Crippen molar-refractivity contribution in [3.8, 4) is 0 Å². The summed E-state index contributed by atoms with van der Waals surface area (Å²) in [5.41, 5.74) is 0. The number of hydrogen-bond donors (Lipinski definition) is 0. The van der Waals surface area contributed by atoms with Gasteiger partial charge in [-0.3, -0.25) is 14.6 Å². The molecule has 1 aromatic heterocycles. The van der Waals surface area contributed by atoms with Gasteiger partial charge in [-0.15, -0.1) is 0 Å². The molecule has 2 atom stereocenters. The topological polar surface area (TPSA) is 65.7 Å². The van der Waals surface area contributed by atoms with Gasteiger partial charge in [0.1, 0.15) is 0 Å². The van der Waals surface area contributed by atoms with Gasteiger partial charge < -0.3 is 9.42 Å². The highest BCUT2D eigenvalue weighted by Gasteiger charge is 2.35. The third kappa shape index (κ3) is 3.90. The van der Waals surface area contributed by atoms with Crippen LogP contribution >= 0.6 is 0 Å². The van der Waals surface area contributed by atoms with E-state index < -0.39 is 0 Å². The molecule has 0 N–H and O–H groups in total. The molecule has 0 aromatic carbocycles. The molecule has 0 saturated carbocycles. The van der Waals surface area contributed by atoms with Gasteiger partial charge in [0.2, 0.25) is 11.8 Å². The van der Waals surface area contributed by atoms with E-state index >= 15 is 0 Å². The zero-order valence-electron chi connectivity index (χ0n) is 14.4. The molecule has 0 bridgehead atoms. The summed E-state index contributed by atoms with van der Waals surface area (Å²) < 4.78 is 5.24. The van der Waals surface area contributed by atoms with Crippen molar-refractivity contribution in [1.82, 2.24) is 24.8 Å². The monoisotopic (exact) mass is 321 g/mol. The minimum atomic E-state index is 0.194. The summed E-state index contributed by atoms with van der Waals surface area (Å²) in [5, 5.41) is 3.86. The number of likely N-dealkylation sites (tertiary alicyclic amines) is 1. The largest absolute Gasteiger partial charge is 0.342 e. The first-order valence-corrected chi connectivity index (χ1v) is 8.54. The van der Waals surface area contributed by atoms with Crippen LogP contribution in [0.25, 0.3) is 0 Å². The molecule has 128 valence electrons. The van der Waals surface area contributed by atoms with Crippen molar-refractivity contribution < 1.29 is 9.32 Å². The molecule has 0 spiro atoms. The average molecular weight is 321 g/mol. The molecular formula is C16H27N5O2. The lowest BCUT2D eigenvalue weighted by Gasteiger charge is -2.30. The molecule has 2 aliphatic rings. The third-order valence-electron chi connectivity index (χ3n) is 5.02. The number of carbonyl (C=O) groups excluding carboxylic acids is 1. The first-order chi connectivity index (χ1) is 11.0. The maximum atomic E-state index is 11.6. The van der Waals surface area contributed by atoms with Gasteiger partial charge in [-0.25, -0.2) is 0 Å². The van der Waals surface area contributed by atoms with Crippen LogP contribution < -0.4 is 0 Å². The summed E-state index contributed by atoms with van der Waals surface area (Å²) in [7, 11) is 0. The Morgan fingerprint density at radius 1 is 1.26 bits per heavy atom. The molecule has 7 nitrogen and oxygen atoms in total. The van der Waals surface area contributed by atoms with Crippen LogP contribution in [0.1, 0.15) is 32.0 Å². The van der Waals surface area contributed by atoms with E-state index in [1.807, 2.05) is 11.8 Å². The van der Waals surface area contributed by atoms with Gasteiger partial charge in [0, 0.05) is 52.2 Å². The van der Waals surface area contributed by atoms with Crippen molar-refractivity contribution in [1.29, 1.82) is 0 Å². The maximum Gasteiger partial charge on any atom is 0.240 e. The Labute approximate surface area is 137 Å². The normalized spacial score (nSPS) is 27.3. The number of nitrogens with zero attached hydrogens (tertiary/aromatic N) is 5. The lowest BCUT2D eigenvalue weighted by Crippen LogP contribution is -2.42. The number of amides is 1. The van der Waals surface area contributed by atoms with E-state index in [2.05, 4.69) is 26.9 Å². The molecule has 2 fully saturated rings. The molecule has 23 heavy (non-hydrogen) atoms. The Balaban J connectivity index is 1.57. The molecule has 0 unspecified atom stereocenters. The van der Waals surface area contributed by atoms with E-state index in [9.17, 15) is 4.79 Å². The Kier molecular flexibility index (Phi) is 4.96. The first kappa shape index (κ1) is 16.4. The predicted molar refractivity (Wildman–Crippen MR) is 85.7 cm³/mol. The highest BCUT2D eigenvalue weighted by molar-refractivity contribution is 5.73. The second-order valence-electron chi connectivity index (χ2n) is 6.87. The first-order valence-electron chi connectivity index (χ1n) is 8.54. The highest BCUT2D eigenvalue weighted by atomic mass is 16.5. The van der Waals surface area contributed by atoms with Crippen LogP contribution in [0.2, 0.25) is 0 Å². The molecule has 0 radical (unpaired) electrons. The lowest BCUT2D eigenvalue weighted by atomic mass is 10.0. The number of hydrogen-bond acceptors (Lipinski definition) is 6. The average Bonchev–Trinajstić information content (AvgIpc) is 2.96. The van der Waals surface area contributed by atoms with Crippen molar-refractivity contribution in [3.05, 3.63) is 11.7 Å². The smallest absolute Gasteiger partial charge is 0.240 e. The molecule has 0 aliphatic carbocycles. The Hall–Kier alpha value is -1.47. The van der Waals surface area contributed by atoms with Crippen molar-refractivity contribution in [3.63, 3.8) is 0 Å². The van der Waals surface area contributed by atoms with Crippen LogP contribution in [-0.4, -0.2) is 76.1 Å². The molecular weight excluding hydrogens is 294 g/mol. The molecule has 2 aliphatic heterocycles. The van der Waals surface area contributed by atoms with Gasteiger partial charge in [-0.05, 0) is 19.3 Å². The molecule has 3 heterocycles. The maximum absolute atomic E-state index is 11.6. The number of rotatable bonds is 3. The van der Waals surface area contributed by atoms with E-state index in [4.69, 9.17) is 4.52 Å². The summed E-state index contributed by atoms with van der Waals surface area (Å²) in [5.74, 6) is 2.21. The summed E-state index contributed by atoms with van der Waals surface area (Å²) >= 11 is 0. The van der Waals surface area contributed by atoms with Crippen molar-refractivity contribution in [2.24, 2.45) is 5.92 Å². The summed E-state index contributed by atoms with van der Waals surface area (Å²) in [6, 6.07) is 0.547. The molecule has 1 amide bonds. The standard InChI is InChI=1S/C16H27N5O2/c1-12-9-19(11-16-17-13(2)18-23-16)10-15(12)21-6-4-5-20(7-8-21)14(3)22/h12,15H,4-11H2,1-3H3/t12-,15+/m0/s1. The fourth-order valence-electron chi connectivity index (χ4n) is 3.83. The second kappa shape index (κ2) is 6.97. The summed E-state index contributed by atoms with van der Waals surface area (Å²) in [4.78, 5) is 22.8. The van der Waals surface area contributed by atoms with E-state index in [0.29, 0.717) is 23.7 Å². The number of carbonyl (C=O) groups is 1. The second-order valence-corrected chi connectivity index (χ2v) is 6.87. The van der Waals surface area contributed by atoms with Crippen LogP contribution in [0.3, 0.4) is 0 Å². The van der Waals surface area contributed by atoms with Crippen molar-refractivity contribution in [2.75, 3.05) is 39.3 Å². The van der Waals surface area contributed by atoms with Crippen molar-refractivity contribution >= 4 is 5.91 Å². The van der Waals surface area contributed by atoms with Gasteiger partial charge in [0.25, 0.3) is 0 Å². The number of aromatic nitrogens is 2. The fraction of sp³-hybridized carbons (Fsp3) is 0.812. The van der Waals surface area contributed by atoms with Gasteiger partial charge >= 0.3 is 0 Å². The van der Waals surface area contributed by atoms with Gasteiger partial charge in [0.05, 0.1) is 6.54 Å². The fourth-order valence-corrected chi connectivity index (χ4v) is 3.83. The van der Waals surface area contributed by atoms with Crippen LogP contribution in [0.5, 0.6) is 0 Å². The minimum Gasteiger partial charge on any atom is -0.342 e. The van der Waals surface area contributed by atoms with Crippen LogP contribution in [0.4, 0.5) is 0 Å². The molecule has 3 rings (SSSR count). The number of aryl methyl sites for hydroxylation is 1. The Bertz CT molecular complexity index is 546. The van der Waals surface area contributed by atoms with Crippen LogP contribution in [0.15, 0.2) is 4.52 Å². The van der Waals surface area contributed by atoms with Crippen molar-refractivity contribution in [2.45, 2.75) is 39.8 Å². The van der Waals surface area contributed by atoms with Gasteiger partial charge in [0.15, 0.2) is 5.82 Å². The SMILES string of the molecule is CC(=O)N1CCCN([C@@H]2CN(Cc3nc(C)no3)C[C@@H]2C)CC1. The van der Waals surface area contributed by atoms with E-state index in [-0.39, 0.29) is 5.91 Å². The third-order valence-corrected chi connectivity index (χ3v) is 5.02. The molecule has 2 saturated heterocycles. The minimum absolute atomic E-state index is 0.194. The van der Waals surface area contributed by atoms with Crippen LogP contribution in [-0.2, 0) is 11.3 Å². The van der Waals surface area contributed by atoms with E-state index in [0.717, 1.165) is 52.2 Å². The predicted octanol–water partition coefficient (Wildman–Crippen LogP) is 0.753. The summed E-state index contributed by atoms with van der Waals surface area (Å²) in [6.45, 7) is 12.4. The van der Waals surface area contributed by atoms with E-state index in [1.54, 1.807) is 6.92 Å². The highest BCUT2D eigenvalue weighted by Crippen LogP contribution is 2.24. The zero-order chi connectivity index (χ0) is 16.4. The molecule has 7 heteroatoms. The Morgan fingerprint density at radius 2 is 2.09 bits per heavy atom. The molecule has 1 aromatic rings. The van der Waals surface area contributed by atoms with Gasteiger partial charge in [-0.1, -0.05) is 12.1 Å². The van der Waals surface area contributed by atoms with E-state index in [1.165, 1.54) is 0 Å². The van der Waals surface area contributed by atoms with Gasteiger partial charge in [-0.2, -0.15) is 4.98 Å². The summed E-state index contributed by atoms with van der Waals surface area (Å²) in [6.07, 6.45) is 1.06. The lowest BCUT2D eigenvalue weighted by molar-refractivity contribution is -0.128. The van der Waals surface area contributed by atoms with Crippen LogP contribution in [0, 0.1) is 12.8 Å².